The molecule has 2 unspecified atom stereocenters. The number of benzene rings is 1. The van der Waals surface area contributed by atoms with Crippen molar-refractivity contribution in [1.29, 1.82) is 0 Å². The molecular formula is C16H23NO2. The molecule has 1 fully saturated rings. The van der Waals surface area contributed by atoms with Gasteiger partial charge in [0, 0.05) is 18.0 Å². The number of ether oxygens (including phenoxy) is 2. The Bertz CT molecular complexity index is 474. The third-order valence-electron chi connectivity index (χ3n) is 4.88. The molecular weight excluding hydrogens is 238 g/mol. The van der Waals surface area contributed by atoms with Crippen LogP contribution in [0.4, 0.5) is 0 Å². The molecule has 1 aliphatic carbocycles. The average Bonchev–Trinajstić information content (AvgIpc) is 2.80. The summed E-state index contributed by atoms with van der Waals surface area (Å²) in [4.78, 5) is 0. The summed E-state index contributed by atoms with van der Waals surface area (Å²) in [5, 5.41) is 0. The van der Waals surface area contributed by atoms with Crippen molar-refractivity contribution in [3.8, 4) is 11.5 Å². The normalized spacial score (nSPS) is 33.0. The Morgan fingerprint density at radius 3 is 3.05 bits per heavy atom. The molecule has 0 aromatic heterocycles. The van der Waals surface area contributed by atoms with Crippen molar-refractivity contribution in [3.05, 3.63) is 23.8 Å². The maximum Gasteiger partial charge on any atom is 0.125 e. The van der Waals surface area contributed by atoms with Crippen LogP contribution in [-0.4, -0.2) is 12.7 Å². The molecule has 0 radical (unpaired) electrons. The van der Waals surface area contributed by atoms with Crippen LogP contribution >= 0.6 is 0 Å². The lowest BCUT2D eigenvalue weighted by molar-refractivity contribution is -0.00104. The van der Waals surface area contributed by atoms with Crippen LogP contribution in [0.2, 0.25) is 0 Å². The zero-order chi connectivity index (χ0) is 13.5. The van der Waals surface area contributed by atoms with Gasteiger partial charge in [0.05, 0.1) is 7.11 Å². The van der Waals surface area contributed by atoms with E-state index < -0.39 is 0 Å². The summed E-state index contributed by atoms with van der Waals surface area (Å²) in [6, 6.07) is 6.05. The highest BCUT2D eigenvalue weighted by atomic mass is 16.5. The molecule has 19 heavy (non-hydrogen) atoms. The quantitative estimate of drug-likeness (QED) is 0.887. The van der Waals surface area contributed by atoms with Crippen LogP contribution < -0.4 is 15.2 Å². The Labute approximate surface area is 115 Å². The van der Waals surface area contributed by atoms with Crippen LogP contribution in [0.15, 0.2) is 18.2 Å². The Morgan fingerprint density at radius 2 is 2.32 bits per heavy atom. The monoisotopic (exact) mass is 261 g/mol. The van der Waals surface area contributed by atoms with E-state index in [-0.39, 0.29) is 11.6 Å². The van der Waals surface area contributed by atoms with Gasteiger partial charge in [-0.15, -0.1) is 0 Å². The number of rotatable bonds is 2. The van der Waals surface area contributed by atoms with E-state index in [1.54, 1.807) is 7.11 Å². The van der Waals surface area contributed by atoms with E-state index in [9.17, 15) is 0 Å². The maximum atomic E-state index is 6.42. The molecule has 1 aromatic carbocycles. The van der Waals surface area contributed by atoms with Gasteiger partial charge in [0.2, 0.25) is 0 Å². The van der Waals surface area contributed by atoms with Crippen molar-refractivity contribution in [1.82, 2.24) is 0 Å². The maximum absolute atomic E-state index is 6.42. The summed E-state index contributed by atoms with van der Waals surface area (Å²) in [7, 11) is 1.68. The molecule has 1 aromatic rings. The number of hydrogen-bond acceptors (Lipinski definition) is 3. The summed E-state index contributed by atoms with van der Waals surface area (Å²) in [6.45, 7) is 2.26. The molecule has 2 N–H and O–H groups in total. The van der Waals surface area contributed by atoms with Gasteiger partial charge in [-0.2, -0.15) is 0 Å². The van der Waals surface area contributed by atoms with Gasteiger partial charge in [-0.25, -0.2) is 0 Å². The molecule has 1 saturated carbocycles. The molecule has 1 heterocycles. The zero-order valence-corrected chi connectivity index (χ0v) is 11.8. The standard InChI is InChI=1S/C16H23NO2/c1-3-11-5-4-8-16(11)10-14(17)13-9-12(18-2)6-7-15(13)19-16/h6-7,9,11,14H,3-5,8,10,17H2,1-2H3/t11?,14-,16?/m0/s1. The minimum absolute atomic E-state index is 0.0181. The minimum Gasteiger partial charge on any atom is -0.497 e. The molecule has 0 saturated heterocycles. The Hall–Kier alpha value is -1.22. The fraction of sp³-hybridized carbons (Fsp3) is 0.625. The van der Waals surface area contributed by atoms with Crippen molar-refractivity contribution < 1.29 is 9.47 Å². The molecule has 0 bridgehead atoms. The molecule has 3 rings (SSSR count). The van der Waals surface area contributed by atoms with Crippen LogP contribution in [0.1, 0.15) is 50.6 Å². The number of methoxy groups -OCH3 is 1. The number of hydrogen-bond donors (Lipinski definition) is 1. The van der Waals surface area contributed by atoms with Crippen molar-refractivity contribution in [2.24, 2.45) is 11.7 Å². The summed E-state index contributed by atoms with van der Waals surface area (Å²) in [5.41, 5.74) is 7.48. The van der Waals surface area contributed by atoms with Gasteiger partial charge >= 0.3 is 0 Å². The van der Waals surface area contributed by atoms with Crippen molar-refractivity contribution in [2.45, 2.75) is 50.7 Å². The second-order valence-electron chi connectivity index (χ2n) is 5.88. The largest absolute Gasteiger partial charge is 0.497 e. The van der Waals surface area contributed by atoms with E-state index in [1.165, 1.54) is 19.3 Å². The van der Waals surface area contributed by atoms with E-state index in [1.807, 2.05) is 18.2 Å². The lowest BCUT2D eigenvalue weighted by Crippen LogP contribution is -2.45. The van der Waals surface area contributed by atoms with Gasteiger partial charge in [-0.1, -0.05) is 6.92 Å². The van der Waals surface area contributed by atoms with E-state index in [0.717, 1.165) is 29.9 Å². The molecule has 3 heteroatoms. The molecule has 3 nitrogen and oxygen atoms in total. The van der Waals surface area contributed by atoms with Crippen LogP contribution in [0.25, 0.3) is 0 Å². The SMILES string of the molecule is CCC1CCCC12C[C@H](N)c1cc(OC)ccc1O2. The van der Waals surface area contributed by atoms with Gasteiger partial charge < -0.3 is 15.2 Å². The van der Waals surface area contributed by atoms with Crippen molar-refractivity contribution in [2.75, 3.05) is 7.11 Å². The van der Waals surface area contributed by atoms with Crippen LogP contribution in [-0.2, 0) is 0 Å². The predicted molar refractivity (Wildman–Crippen MR) is 75.5 cm³/mol. The topological polar surface area (TPSA) is 44.5 Å². The van der Waals surface area contributed by atoms with E-state index in [0.29, 0.717) is 5.92 Å². The lowest BCUT2D eigenvalue weighted by Gasteiger charge is -2.42. The summed E-state index contributed by atoms with van der Waals surface area (Å²) in [6.07, 6.45) is 5.79. The van der Waals surface area contributed by atoms with E-state index in [2.05, 4.69) is 6.92 Å². The second-order valence-corrected chi connectivity index (χ2v) is 5.88. The van der Waals surface area contributed by atoms with Crippen molar-refractivity contribution in [3.63, 3.8) is 0 Å². The Kier molecular flexibility index (Phi) is 3.17. The van der Waals surface area contributed by atoms with E-state index >= 15 is 0 Å². The van der Waals surface area contributed by atoms with Gasteiger partial charge in [-0.05, 0) is 49.8 Å². The molecule has 1 spiro atoms. The molecule has 1 aliphatic heterocycles. The first-order valence-corrected chi connectivity index (χ1v) is 7.31. The highest BCUT2D eigenvalue weighted by Gasteiger charge is 2.48. The fourth-order valence-electron chi connectivity index (χ4n) is 3.87. The van der Waals surface area contributed by atoms with Crippen LogP contribution in [0.5, 0.6) is 11.5 Å². The smallest absolute Gasteiger partial charge is 0.125 e. The zero-order valence-electron chi connectivity index (χ0n) is 11.8. The number of nitrogens with two attached hydrogens (primary N) is 1. The third kappa shape index (κ3) is 2.00. The van der Waals surface area contributed by atoms with Gasteiger partial charge in [0.25, 0.3) is 0 Å². The highest BCUT2D eigenvalue weighted by molar-refractivity contribution is 5.44. The third-order valence-corrected chi connectivity index (χ3v) is 4.88. The highest BCUT2D eigenvalue weighted by Crippen LogP contribution is 2.50. The summed E-state index contributed by atoms with van der Waals surface area (Å²) < 4.78 is 11.7. The molecule has 0 amide bonds. The second kappa shape index (κ2) is 4.71. The fourth-order valence-corrected chi connectivity index (χ4v) is 3.87. The van der Waals surface area contributed by atoms with Crippen LogP contribution in [0, 0.1) is 5.92 Å². The van der Waals surface area contributed by atoms with Gasteiger partial charge in [0.15, 0.2) is 0 Å². The predicted octanol–water partition coefficient (Wildman–Crippen LogP) is 3.43. The van der Waals surface area contributed by atoms with Gasteiger partial charge in [0.1, 0.15) is 17.1 Å². The minimum atomic E-state index is -0.0181. The van der Waals surface area contributed by atoms with E-state index in [4.69, 9.17) is 15.2 Å². The number of fused-ring (bicyclic) bond motifs is 1. The Balaban J connectivity index is 1.96. The molecule has 3 atom stereocenters. The van der Waals surface area contributed by atoms with Crippen molar-refractivity contribution >= 4 is 0 Å². The molecule has 104 valence electrons. The first-order chi connectivity index (χ1) is 9.18. The Morgan fingerprint density at radius 1 is 1.47 bits per heavy atom. The lowest BCUT2D eigenvalue weighted by atomic mass is 9.79. The average molecular weight is 261 g/mol. The summed E-state index contributed by atoms with van der Waals surface area (Å²) in [5.74, 6) is 2.46. The first-order valence-electron chi connectivity index (χ1n) is 7.31. The molecule has 2 aliphatic rings. The van der Waals surface area contributed by atoms with Crippen LogP contribution in [0.3, 0.4) is 0 Å². The summed E-state index contributed by atoms with van der Waals surface area (Å²) >= 11 is 0. The van der Waals surface area contributed by atoms with Gasteiger partial charge in [-0.3, -0.25) is 0 Å². The first kappa shape index (κ1) is 12.8.